The molecule has 164 valence electrons. The summed E-state index contributed by atoms with van der Waals surface area (Å²) in [5, 5.41) is 12.2. The SMILES string of the molecule is COc1ccc(-n2c(SCC(=O)Nc3ccccc3C(C)C)nnc2-c2ccco2)cc1. The van der Waals surface area contributed by atoms with Gasteiger partial charge in [-0.3, -0.25) is 9.36 Å². The van der Waals surface area contributed by atoms with Gasteiger partial charge in [-0.1, -0.05) is 43.8 Å². The van der Waals surface area contributed by atoms with E-state index in [1.165, 1.54) is 11.8 Å². The number of methoxy groups -OCH3 is 1. The Morgan fingerprint density at radius 3 is 2.56 bits per heavy atom. The number of carbonyl (C=O) groups excluding carboxylic acids is 1. The van der Waals surface area contributed by atoms with Crippen LogP contribution in [0.25, 0.3) is 17.3 Å². The molecular formula is C24H24N4O3S. The summed E-state index contributed by atoms with van der Waals surface area (Å²) in [6, 6.07) is 19.0. The molecule has 0 saturated heterocycles. The lowest BCUT2D eigenvalue weighted by atomic mass is 10.0. The first-order valence-electron chi connectivity index (χ1n) is 10.2. The van der Waals surface area contributed by atoms with Crippen LogP contribution in [0.3, 0.4) is 0 Å². The van der Waals surface area contributed by atoms with Gasteiger partial charge >= 0.3 is 0 Å². The number of hydrogen-bond donors (Lipinski definition) is 1. The predicted molar refractivity (Wildman–Crippen MR) is 125 cm³/mol. The van der Waals surface area contributed by atoms with Crippen LogP contribution in [0.4, 0.5) is 5.69 Å². The first-order chi connectivity index (χ1) is 15.6. The molecule has 7 nitrogen and oxygen atoms in total. The number of nitrogens with one attached hydrogen (secondary N) is 1. The number of thioether (sulfide) groups is 1. The molecule has 2 aromatic heterocycles. The van der Waals surface area contributed by atoms with Crippen LogP contribution < -0.4 is 10.1 Å². The van der Waals surface area contributed by atoms with Crippen LogP contribution in [-0.2, 0) is 4.79 Å². The van der Waals surface area contributed by atoms with Crippen molar-refractivity contribution in [2.75, 3.05) is 18.2 Å². The molecule has 0 fully saturated rings. The van der Waals surface area contributed by atoms with Gasteiger partial charge in [-0.15, -0.1) is 10.2 Å². The van der Waals surface area contributed by atoms with E-state index in [-0.39, 0.29) is 11.7 Å². The number of benzene rings is 2. The third-order valence-corrected chi connectivity index (χ3v) is 5.82. The van der Waals surface area contributed by atoms with Crippen LogP contribution in [-0.4, -0.2) is 33.5 Å². The lowest BCUT2D eigenvalue weighted by Crippen LogP contribution is -2.16. The van der Waals surface area contributed by atoms with Gasteiger partial charge in [0.05, 0.1) is 24.8 Å². The lowest BCUT2D eigenvalue weighted by Gasteiger charge is -2.13. The molecule has 32 heavy (non-hydrogen) atoms. The monoisotopic (exact) mass is 448 g/mol. The molecule has 1 N–H and O–H groups in total. The summed E-state index contributed by atoms with van der Waals surface area (Å²) in [6.07, 6.45) is 1.59. The second kappa shape index (κ2) is 9.74. The lowest BCUT2D eigenvalue weighted by molar-refractivity contribution is -0.113. The number of aromatic nitrogens is 3. The maximum Gasteiger partial charge on any atom is 0.234 e. The van der Waals surface area contributed by atoms with Crippen LogP contribution in [0.5, 0.6) is 5.75 Å². The van der Waals surface area contributed by atoms with Crippen molar-refractivity contribution in [3.8, 4) is 23.0 Å². The molecule has 0 saturated carbocycles. The van der Waals surface area contributed by atoms with Gasteiger partial charge in [0, 0.05) is 5.69 Å². The smallest absolute Gasteiger partial charge is 0.234 e. The Kier molecular flexibility index (Phi) is 6.61. The molecule has 2 heterocycles. The first-order valence-corrected chi connectivity index (χ1v) is 11.2. The number of carbonyl (C=O) groups is 1. The second-order valence-electron chi connectivity index (χ2n) is 7.40. The fourth-order valence-corrected chi connectivity index (χ4v) is 4.08. The van der Waals surface area contributed by atoms with Crippen molar-refractivity contribution in [2.45, 2.75) is 24.9 Å². The molecule has 0 aliphatic heterocycles. The van der Waals surface area contributed by atoms with Gasteiger partial charge in [0.15, 0.2) is 10.9 Å². The predicted octanol–water partition coefficient (Wildman–Crippen LogP) is 5.39. The van der Waals surface area contributed by atoms with Crippen molar-refractivity contribution in [3.05, 3.63) is 72.5 Å². The Labute approximate surface area is 190 Å². The molecule has 0 atom stereocenters. The summed E-state index contributed by atoms with van der Waals surface area (Å²) in [7, 11) is 1.62. The molecule has 4 aromatic rings. The molecular weight excluding hydrogens is 424 g/mol. The molecule has 1 amide bonds. The van der Waals surface area contributed by atoms with Crippen LogP contribution in [0.15, 0.2) is 76.5 Å². The van der Waals surface area contributed by atoms with Gasteiger partial charge in [0.25, 0.3) is 0 Å². The number of furan rings is 1. The fraction of sp³-hybridized carbons (Fsp3) is 0.208. The van der Waals surface area contributed by atoms with Crippen molar-refractivity contribution in [3.63, 3.8) is 0 Å². The number of rotatable bonds is 8. The third kappa shape index (κ3) is 4.70. The van der Waals surface area contributed by atoms with Crippen LogP contribution in [0, 0.1) is 0 Å². The molecule has 0 aliphatic rings. The molecule has 2 aromatic carbocycles. The van der Waals surface area contributed by atoms with E-state index in [9.17, 15) is 4.79 Å². The van der Waals surface area contributed by atoms with E-state index in [0.29, 0.717) is 22.7 Å². The van der Waals surface area contributed by atoms with Crippen molar-refractivity contribution in [1.29, 1.82) is 0 Å². The highest BCUT2D eigenvalue weighted by molar-refractivity contribution is 7.99. The van der Waals surface area contributed by atoms with E-state index in [2.05, 4.69) is 29.4 Å². The standard InChI is InChI=1S/C24H24N4O3S/c1-16(2)19-7-4-5-8-20(19)25-22(29)15-32-24-27-26-23(21-9-6-14-31-21)28(24)17-10-12-18(30-3)13-11-17/h4-14,16H,15H2,1-3H3,(H,25,29). The van der Waals surface area contributed by atoms with Crippen molar-refractivity contribution in [2.24, 2.45) is 0 Å². The van der Waals surface area contributed by atoms with Gasteiger partial charge in [-0.25, -0.2) is 0 Å². The molecule has 8 heteroatoms. The van der Waals surface area contributed by atoms with E-state index in [4.69, 9.17) is 9.15 Å². The van der Waals surface area contributed by atoms with Crippen molar-refractivity contribution < 1.29 is 13.9 Å². The Balaban J connectivity index is 1.57. The van der Waals surface area contributed by atoms with E-state index >= 15 is 0 Å². The van der Waals surface area contributed by atoms with E-state index in [1.807, 2.05) is 59.2 Å². The summed E-state index contributed by atoms with van der Waals surface area (Å²) in [4.78, 5) is 12.7. The zero-order valence-electron chi connectivity index (χ0n) is 18.1. The summed E-state index contributed by atoms with van der Waals surface area (Å²) in [5.74, 6) is 2.31. The van der Waals surface area contributed by atoms with Crippen LogP contribution in [0.2, 0.25) is 0 Å². The number of hydrogen-bond acceptors (Lipinski definition) is 6. The van der Waals surface area contributed by atoms with E-state index in [1.54, 1.807) is 19.4 Å². The van der Waals surface area contributed by atoms with Crippen molar-refractivity contribution in [1.82, 2.24) is 14.8 Å². The number of nitrogens with zero attached hydrogens (tertiary/aromatic N) is 3. The quantitative estimate of drug-likeness (QED) is 0.364. The van der Waals surface area contributed by atoms with Crippen molar-refractivity contribution >= 4 is 23.4 Å². The highest BCUT2D eigenvalue weighted by Crippen LogP contribution is 2.29. The average Bonchev–Trinajstić information content (AvgIpc) is 3.48. The summed E-state index contributed by atoms with van der Waals surface area (Å²) >= 11 is 1.32. The van der Waals surface area contributed by atoms with Crippen LogP contribution >= 0.6 is 11.8 Å². The first kappa shape index (κ1) is 21.7. The Morgan fingerprint density at radius 1 is 1.09 bits per heavy atom. The average molecular weight is 449 g/mol. The van der Waals surface area contributed by atoms with Gasteiger partial charge in [-0.2, -0.15) is 0 Å². The minimum absolute atomic E-state index is 0.105. The molecule has 0 radical (unpaired) electrons. The summed E-state index contributed by atoms with van der Waals surface area (Å²) in [5.41, 5.74) is 2.78. The Bertz CT molecular complexity index is 1180. The number of ether oxygens (including phenoxy) is 1. The normalized spacial score (nSPS) is 11.0. The van der Waals surface area contributed by atoms with Crippen LogP contribution in [0.1, 0.15) is 25.3 Å². The fourth-order valence-electron chi connectivity index (χ4n) is 3.32. The minimum atomic E-state index is -0.105. The zero-order chi connectivity index (χ0) is 22.5. The summed E-state index contributed by atoms with van der Waals surface area (Å²) < 4.78 is 12.7. The van der Waals surface area contributed by atoms with Gasteiger partial charge in [0.1, 0.15) is 5.75 Å². The topological polar surface area (TPSA) is 82.2 Å². The second-order valence-corrected chi connectivity index (χ2v) is 8.34. The van der Waals surface area contributed by atoms with Gasteiger partial charge < -0.3 is 14.5 Å². The highest BCUT2D eigenvalue weighted by Gasteiger charge is 2.19. The maximum absolute atomic E-state index is 12.7. The zero-order valence-corrected chi connectivity index (χ0v) is 18.9. The summed E-state index contributed by atoms with van der Waals surface area (Å²) in [6.45, 7) is 4.21. The largest absolute Gasteiger partial charge is 0.497 e. The van der Waals surface area contributed by atoms with Gasteiger partial charge in [0.2, 0.25) is 11.7 Å². The van der Waals surface area contributed by atoms with E-state index < -0.39 is 0 Å². The molecule has 0 aliphatic carbocycles. The number of anilines is 1. The molecule has 0 spiro atoms. The van der Waals surface area contributed by atoms with Gasteiger partial charge in [-0.05, 0) is 53.9 Å². The minimum Gasteiger partial charge on any atom is -0.497 e. The maximum atomic E-state index is 12.7. The van der Waals surface area contributed by atoms with E-state index in [0.717, 1.165) is 22.7 Å². The highest BCUT2D eigenvalue weighted by atomic mass is 32.2. The Morgan fingerprint density at radius 2 is 1.88 bits per heavy atom. The molecule has 0 bridgehead atoms. The molecule has 0 unspecified atom stereocenters. The number of amides is 1. The Hall–Kier alpha value is -3.52. The third-order valence-electron chi connectivity index (χ3n) is 4.89. The molecule has 4 rings (SSSR count). The number of para-hydroxylation sites is 1.